The summed E-state index contributed by atoms with van der Waals surface area (Å²) in [6, 6.07) is 7.55. The van der Waals surface area contributed by atoms with Crippen LogP contribution in [-0.2, 0) is 4.84 Å². The highest BCUT2D eigenvalue weighted by molar-refractivity contribution is 5.93. The fourth-order valence-corrected chi connectivity index (χ4v) is 1.73. The average molecular weight is 261 g/mol. The molecule has 0 spiro atoms. The Kier molecular flexibility index (Phi) is 6.90. The minimum atomic E-state index is -0.138. The first-order valence-corrected chi connectivity index (χ1v) is 6.77. The Morgan fingerprint density at radius 3 is 2.53 bits per heavy atom. The molecule has 0 aromatic heterocycles. The van der Waals surface area contributed by atoms with Crippen molar-refractivity contribution in [3.8, 4) is 0 Å². The van der Waals surface area contributed by atoms with Crippen LogP contribution in [0.5, 0.6) is 0 Å². The zero-order chi connectivity index (χ0) is 14.1. The molecule has 0 unspecified atom stereocenters. The number of nitrogens with zero attached hydrogens (tertiary/aromatic N) is 1. The Morgan fingerprint density at radius 2 is 1.95 bits per heavy atom. The van der Waals surface area contributed by atoms with E-state index in [9.17, 15) is 4.79 Å². The van der Waals surface area contributed by atoms with Gasteiger partial charge in [-0.05, 0) is 30.5 Å². The molecule has 1 aromatic carbocycles. The Bertz CT molecular complexity index is 409. The maximum atomic E-state index is 11.8. The van der Waals surface area contributed by atoms with Gasteiger partial charge in [-0.25, -0.2) is 5.06 Å². The maximum Gasteiger partial charge on any atom is 0.277 e. The molecule has 3 heteroatoms. The van der Waals surface area contributed by atoms with E-state index in [0.717, 1.165) is 12.0 Å². The fourth-order valence-electron chi connectivity index (χ4n) is 1.73. The molecule has 19 heavy (non-hydrogen) atoms. The van der Waals surface area contributed by atoms with E-state index < -0.39 is 0 Å². The molecule has 0 heterocycles. The number of hydrogen-bond donors (Lipinski definition) is 0. The van der Waals surface area contributed by atoms with Crippen LogP contribution in [0.4, 0.5) is 0 Å². The van der Waals surface area contributed by atoms with E-state index in [2.05, 4.69) is 19.1 Å². The molecule has 0 radical (unpaired) electrons. The summed E-state index contributed by atoms with van der Waals surface area (Å²) in [6.07, 6.45) is 9.17. The molecule has 0 fully saturated rings. The fraction of sp³-hybridized carbons (Fsp3) is 0.438. The summed E-state index contributed by atoms with van der Waals surface area (Å²) in [5.74, 6) is -0.138. The van der Waals surface area contributed by atoms with E-state index in [1.165, 1.54) is 31.4 Å². The van der Waals surface area contributed by atoms with Crippen molar-refractivity contribution in [1.82, 2.24) is 5.06 Å². The van der Waals surface area contributed by atoms with Gasteiger partial charge in [-0.1, -0.05) is 44.1 Å². The Labute approximate surface area is 115 Å². The minimum Gasteiger partial charge on any atom is -0.274 e. The van der Waals surface area contributed by atoms with Crippen LogP contribution < -0.4 is 0 Å². The molecule has 0 aliphatic carbocycles. The first-order valence-electron chi connectivity index (χ1n) is 6.77. The molecule has 104 valence electrons. The van der Waals surface area contributed by atoms with Crippen molar-refractivity contribution >= 4 is 12.0 Å². The quantitative estimate of drug-likeness (QED) is 0.550. The van der Waals surface area contributed by atoms with Gasteiger partial charge in [0.1, 0.15) is 0 Å². The molecular formula is C16H23NO2. The average Bonchev–Trinajstić information content (AvgIpc) is 2.46. The minimum absolute atomic E-state index is 0.138. The highest BCUT2D eigenvalue weighted by atomic mass is 16.7. The monoisotopic (exact) mass is 261 g/mol. The second-order valence-corrected chi connectivity index (χ2v) is 4.51. The van der Waals surface area contributed by atoms with E-state index >= 15 is 0 Å². The van der Waals surface area contributed by atoms with Crippen LogP contribution in [0.3, 0.4) is 0 Å². The smallest absolute Gasteiger partial charge is 0.274 e. The Morgan fingerprint density at radius 1 is 1.26 bits per heavy atom. The van der Waals surface area contributed by atoms with Crippen LogP contribution in [0, 0.1) is 0 Å². The zero-order valence-corrected chi connectivity index (χ0v) is 12.1. The van der Waals surface area contributed by atoms with Gasteiger partial charge in [-0.15, -0.1) is 0 Å². The van der Waals surface area contributed by atoms with E-state index in [0.29, 0.717) is 5.56 Å². The number of hydroxylamine groups is 2. The maximum absolute atomic E-state index is 11.8. The van der Waals surface area contributed by atoms with Crippen LogP contribution in [0.2, 0.25) is 0 Å². The van der Waals surface area contributed by atoms with Gasteiger partial charge in [-0.3, -0.25) is 9.63 Å². The standard InChI is InChI=1S/C16H23NO2/c1-4-5-6-7-8-9-14-10-12-15(13-11-14)16(18)17(2)19-3/h8-13H,4-7H2,1-3H3/b9-8+. The van der Waals surface area contributed by atoms with Gasteiger partial charge in [-0.2, -0.15) is 0 Å². The predicted octanol–water partition coefficient (Wildman–Crippen LogP) is 3.91. The number of amides is 1. The lowest BCUT2D eigenvalue weighted by molar-refractivity contribution is -0.0756. The molecule has 1 aromatic rings. The van der Waals surface area contributed by atoms with Crippen LogP contribution in [0.15, 0.2) is 30.3 Å². The van der Waals surface area contributed by atoms with Crippen molar-refractivity contribution in [1.29, 1.82) is 0 Å². The number of hydrogen-bond acceptors (Lipinski definition) is 2. The van der Waals surface area contributed by atoms with Gasteiger partial charge in [0.2, 0.25) is 0 Å². The lowest BCUT2D eigenvalue weighted by Gasteiger charge is -2.13. The molecular weight excluding hydrogens is 238 g/mol. The molecule has 1 rings (SSSR count). The van der Waals surface area contributed by atoms with Gasteiger partial charge in [0.15, 0.2) is 0 Å². The van der Waals surface area contributed by atoms with E-state index in [-0.39, 0.29) is 5.91 Å². The summed E-state index contributed by atoms with van der Waals surface area (Å²) < 4.78 is 0. The number of rotatable bonds is 7. The first-order chi connectivity index (χ1) is 9.19. The van der Waals surface area contributed by atoms with Crippen LogP contribution in [0.1, 0.15) is 48.5 Å². The van der Waals surface area contributed by atoms with Crippen LogP contribution >= 0.6 is 0 Å². The predicted molar refractivity (Wildman–Crippen MR) is 78.7 cm³/mol. The van der Waals surface area contributed by atoms with Crippen molar-refractivity contribution in [3.63, 3.8) is 0 Å². The number of benzene rings is 1. The molecule has 3 nitrogen and oxygen atoms in total. The Balaban J connectivity index is 2.54. The van der Waals surface area contributed by atoms with Crippen molar-refractivity contribution in [2.45, 2.75) is 32.6 Å². The van der Waals surface area contributed by atoms with Crippen molar-refractivity contribution in [3.05, 3.63) is 41.5 Å². The third-order valence-corrected chi connectivity index (χ3v) is 3.00. The van der Waals surface area contributed by atoms with Gasteiger partial charge in [0, 0.05) is 12.6 Å². The number of carbonyl (C=O) groups is 1. The molecule has 0 atom stereocenters. The highest BCUT2D eigenvalue weighted by Crippen LogP contribution is 2.10. The molecule has 0 saturated heterocycles. The SMILES string of the molecule is CCCCC/C=C/c1ccc(C(=O)N(C)OC)cc1. The lowest BCUT2D eigenvalue weighted by atomic mass is 10.1. The van der Waals surface area contributed by atoms with Crippen molar-refractivity contribution in [2.75, 3.05) is 14.2 Å². The second kappa shape index (κ2) is 8.48. The summed E-state index contributed by atoms with van der Waals surface area (Å²) >= 11 is 0. The third-order valence-electron chi connectivity index (χ3n) is 3.00. The summed E-state index contributed by atoms with van der Waals surface area (Å²) in [7, 11) is 3.08. The molecule has 1 amide bonds. The number of unbranched alkanes of at least 4 members (excludes halogenated alkanes) is 3. The highest BCUT2D eigenvalue weighted by Gasteiger charge is 2.09. The van der Waals surface area contributed by atoms with Gasteiger partial charge >= 0.3 is 0 Å². The largest absolute Gasteiger partial charge is 0.277 e. The summed E-state index contributed by atoms with van der Waals surface area (Å²) in [6.45, 7) is 2.20. The summed E-state index contributed by atoms with van der Waals surface area (Å²) in [5.41, 5.74) is 1.75. The lowest BCUT2D eigenvalue weighted by Crippen LogP contribution is -2.25. The van der Waals surface area contributed by atoms with E-state index in [1.807, 2.05) is 24.3 Å². The third kappa shape index (κ3) is 5.26. The summed E-state index contributed by atoms with van der Waals surface area (Å²) in [5, 5.41) is 1.22. The molecule has 0 N–H and O–H groups in total. The second-order valence-electron chi connectivity index (χ2n) is 4.51. The summed E-state index contributed by atoms with van der Waals surface area (Å²) in [4.78, 5) is 16.7. The first kappa shape index (κ1) is 15.4. The van der Waals surface area contributed by atoms with E-state index in [4.69, 9.17) is 4.84 Å². The molecule has 0 bridgehead atoms. The topological polar surface area (TPSA) is 29.5 Å². The molecule has 0 saturated carbocycles. The van der Waals surface area contributed by atoms with Gasteiger partial charge < -0.3 is 0 Å². The van der Waals surface area contributed by atoms with Gasteiger partial charge in [0.05, 0.1) is 7.11 Å². The van der Waals surface area contributed by atoms with E-state index in [1.54, 1.807) is 7.05 Å². The normalized spacial score (nSPS) is 10.9. The van der Waals surface area contributed by atoms with Crippen molar-refractivity contribution < 1.29 is 9.63 Å². The zero-order valence-electron chi connectivity index (χ0n) is 12.1. The molecule has 0 aliphatic heterocycles. The van der Waals surface area contributed by atoms with Crippen LogP contribution in [0.25, 0.3) is 6.08 Å². The van der Waals surface area contributed by atoms with Crippen molar-refractivity contribution in [2.24, 2.45) is 0 Å². The molecule has 0 aliphatic rings. The number of allylic oxidation sites excluding steroid dienone is 1. The number of carbonyl (C=O) groups excluding carboxylic acids is 1. The Hall–Kier alpha value is -1.61. The van der Waals surface area contributed by atoms with Crippen LogP contribution in [-0.4, -0.2) is 25.1 Å². The van der Waals surface area contributed by atoms with Gasteiger partial charge in [0.25, 0.3) is 5.91 Å².